The van der Waals surface area contributed by atoms with Crippen molar-refractivity contribution in [2.45, 2.75) is 62.2 Å². The number of benzene rings is 1. The molecule has 0 bridgehead atoms. The fraction of sp³-hybridized carbons (Fsp3) is 0.571. The fourth-order valence-electron chi connectivity index (χ4n) is 1.79. The number of thiol groups is 2. The van der Waals surface area contributed by atoms with Gasteiger partial charge in [0.05, 0.1) is 0 Å². The van der Waals surface area contributed by atoms with Gasteiger partial charge in [0.1, 0.15) is 0 Å². The molecule has 0 fully saturated rings. The summed E-state index contributed by atoms with van der Waals surface area (Å²) in [6.07, 6.45) is 0. The molecule has 0 spiro atoms. The van der Waals surface area contributed by atoms with Crippen molar-refractivity contribution >= 4 is 25.3 Å². The summed E-state index contributed by atoms with van der Waals surface area (Å²) in [6, 6.07) is 4.37. The Morgan fingerprint density at radius 2 is 0.938 bits per heavy atom. The molecule has 0 N–H and O–H groups in total. The Bertz CT molecular complexity index is 353. The van der Waals surface area contributed by atoms with Crippen LogP contribution in [-0.2, 0) is 10.8 Å². The third-order valence-electron chi connectivity index (χ3n) is 2.77. The van der Waals surface area contributed by atoms with Crippen molar-refractivity contribution in [3.8, 4) is 0 Å². The first-order valence-electron chi connectivity index (χ1n) is 5.61. The Labute approximate surface area is 111 Å². The summed E-state index contributed by atoms with van der Waals surface area (Å²) >= 11 is 9.26. The molecule has 2 heteroatoms. The quantitative estimate of drug-likeness (QED) is 0.607. The summed E-state index contributed by atoms with van der Waals surface area (Å²) in [4.78, 5) is 2.03. The van der Waals surface area contributed by atoms with Gasteiger partial charge in [0, 0.05) is 9.79 Å². The summed E-state index contributed by atoms with van der Waals surface area (Å²) < 4.78 is 0. The average Bonchev–Trinajstić information content (AvgIpc) is 2.05. The molecule has 0 atom stereocenters. The van der Waals surface area contributed by atoms with E-state index in [4.69, 9.17) is 0 Å². The first-order chi connectivity index (χ1) is 7.05. The molecule has 1 aromatic rings. The molecule has 0 aliphatic carbocycles. The van der Waals surface area contributed by atoms with Gasteiger partial charge in [-0.15, -0.1) is 25.3 Å². The van der Waals surface area contributed by atoms with Crippen LogP contribution < -0.4 is 0 Å². The number of hydrogen-bond donors (Lipinski definition) is 2. The van der Waals surface area contributed by atoms with Crippen LogP contribution in [0, 0.1) is 0 Å². The van der Waals surface area contributed by atoms with E-state index in [1.165, 1.54) is 11.1 Å². The van der Waals surface area contributed by atoms with Gasteiger partial charge in [-0.2, -0.15) is 0 Å². The highest BCUT2D eigenvalue weighted by Crippen LogP contribution is 2.38. The Morgan fingerprint density at radius 1 is 0.688 bits per heavy atom. The van der Waals surface area contributed by atoms with E-state index in [9.17, 15) is 0 Å². The molecule has 0 unspecified atom stereocenters. The summed E-state index contributed by atoms with van der Waals surface area (Å²) in [5.41, 5.74) is 2.75. The normalized spacial score (nSPS) is 13.0. The van der Waals surface area contributed by atoms with E-state index in [0.717, 1.165) is 9.79 Å². The Hall–Kier alpha value is -0.0800. The third kappa shape index (κ3) is 2.78. The molecule has 0 radical (unpaired) electrons. The lowest BCUT2D eigenvalue weighted by atomic mass is 9.82. The second-order valence-electron chi connectivity index (χ2n) is 6.36. The molecule has 0 nitrogen and oxygen atoms in total. The van der Waals surface area contributed by atoms with Crippen molar-refractivity contribution in [3.05, 3.63) is 23.3 Å². The van der Waals surface area contributed by atoms with Gasteiger partial charge in [-0.3, -0.25) is 0 Å². The molecule has 16 heavy (non-hydrogen) atoms. The van der Waals surface area contributed by atoms with Crippen LogP contribution in [0.5, 0.6) is 0 Å². The minimum atomic E-state index is 0.116. The van der Waals surface area contributed by atoms with E-state index in [2.05, 4.69) is 78.9 Å². The van der Waals surface area contributed by atoms with Gasteiger partial charge >= 0.3 is 0 Å². The zero-order valence-corrected chi connectivity index (χ0v) is 12.8. The van der Waals surface area contributed by atoms with Crippen LogP contribution in [0.15, 0.2) is 21.9 Å². The maximum Gasteiger partial charge on any atom is 0.0214 e. The molecule has 0 aromatic heterocycles. The maximum atomic E-state index is 4.63. The van der Waals surface area contributed by atoms with Crippen molar-refractivity contribution in [3.63, 3.8) is 0 Å². The van der Waals surface area contributed by atoms with Gasteiger partial charge in [-0.05, 0) is 22.0 Å². The van der Waals surface area contributed by atoms with E-state index < -0.39 is 0 Å². The summed E-state index contributed by atoms with van der Waals surface area (Å²) in [7, 11) is 0. The monoisotopic (exact) mass is 254 g/mol. The SMILES string of the molecule is CC(C)(C)c1ccc(C(C)(C)C)c(S)c1S. The van der Waals surface area contributed by atoms with E-state index in [0.29, 0.717) is 0 Å². The molecule has 90 valence electrons. The minimum Gasteiger partial charge on any atom is -0.142 e. The second kappa shape index (κ2) is 4.30. The lowest BCUT2D eigenvalue weighted by molar-refractivity contribution is 0.552. The molecule has 0 heterocycles. The van der Waals surface area contributed by atoms with Crippen LogP contribution in [-0.4, -0.2) is 0 Å². The molecule has 0 amide bonds. The number of hydrogen-bond acceptors (Lipinski definition) is 2. The zero-order chi connectivity index (χ0) is 12.7. The Balaban J connectivity index is 3.41. The lowest BCUT2D eigenvalue weighted by Crippen LogP contribution is -2.16. The van der Waals surface area contributed by atoms with Gasteiger partial charge in [0.25, 0.3) is 0 Å². The predicted octanol–water partition coefficient (Wildman–Crippen LogP) is 4.86. The van der Waals surface area contributed by atoms with Crippen molar-refractivity contribution < 1.29 is 0 Å². The summed E-state index contributed by atoms with van der Waals surface area (Å²) in [5.74, 6) is 0. The fourth-order valence-corrected chi connectivity index (χ4v) is 2.85. The van der Waals surface area contributed by atoms with Crippen LogP contribution in [0.25, 0.3) is 0 Å². The number of rotatable bonds is 0. The van der Waals surface area contributed by atoms with Gasteiger partial charge in [-0.1, -0.05) is 53.7 Å². The van der Waals surface area contributed by atoms with Crippen LogP contribution in [0.2, 0.25) is 0 Å². The molecule has 1 rings (SSSR count). The van der Waals surface area contributed by atoms with E-state index in [1.54, 1.807) is 0 Å². The smallest absolute Gasteiger partial charge is 0.0214 e. The maximum absolute atomic E-state index is 4.63. The largest absolute Gasteiger partial charge is 0.142 e. The molecule has 0 aliphatic heterocycles. The molecule has 0 saturated carbocycles. The van der Waals surface area contributed by atoms with Crippen molar-refractivity contribution in [2.24, 2.45) is 0 Å². The molecule has 0 aliphatic rings. The van der Waals surface area contributed by atoms with Crippen molar-refractivity contribution in [1.29, 1.82) is 0 Å². The lowest BCUT2D eigenvalue weighted by Gasteiger charge is -2.27. The van der Waals surface area contributed by atoms with Crippen LogP contribution >= 0.6 is 25.3 Å². The molecule has 1 aromatic carbocycles. The average molecular weight is 254 g/mol. The second-order valence-corrected chi connectivity index (χ2v) is 7.25. The van der Waals surface area contributed by atoms with Crippen molar-refractivity contribution in [1.82, 2.24) is 0 Å². The third-order valence-corrected chi connectivity index (χ3v) is 3.87. The Morgan fingerprint density at radius 3 is 1.12 bits per heavy atom. The summed E-state index contributed by atoms with van der Waals surface area (Å²) in [5, 5.41) is 0. The van der Waals surface area contributed by atoms with Crippen LogP contribution in [0.3, 0.4) is 0 Å². The highest BCUT2D eigenvalue weighted by molar-refractivity contribution is 7.83. The van der Waals surface area contributed by atoms with E-state index >= 15 is 0 Å². The van der Waals surface area contributed by atoms with Gasteiger partial charge in [-0.25, -0.2) is 0 Å². The van der Waals surface area contributed by atoms with E-state index in [-0.39, 0.29) is 10.8 Å². The first kappa shape index (κ1) is 14.0. The van der Waals surface area contributed by atoms with Gasteiger partial charge in [0.2, 0.25) is 0 Å². The van der Waals surface area contributed by atoms with Crippen molar-refractivity contribution in [2.75, 3.05) is 0 Å². The van der Waals surface area contributed by atoms with Crippen LogP contribution in [0.4, 0.5) is 0 Å². The predicted molar refractivity (Wildman–Crippen MR) is 78.3 cm³/mol. The summed E-state index contributed by atoms with van der Waals surface area (Å²) in [6.45, 7) is 13.2. The minimum absolute atomic E-state index is 0.116. The molecular weight excluding hydrogens is 232 g/mol. The van der Waals surface area contributed by atoms with Crippen LogP contribution in [0.1, 0.15) is 52.7 Å². The highest BCUT2D eigenvalue weighted by atomic mass is 32.1. The Kier molecular flexibility index (Phi) is 3.76. The first-order valence-corrected chi connectivity index (χ1v) is 6.50. The topological polar surface area (TPSA) is 0 Å². The molecular formula is C14H22S2. The highest BCUT2D eigenvalue weighted by Gasteiger charge is 2.23. The van der Waals surface area contributed by atoms with Gasteiger partial charge < -0.3 is 0 Å². The molecule has 0 saturated heterocycles. The standard InChI is InChI=1S/C14H22S2/c1-13(2,3)9-7-8-10(14(4,5)6)12(16)11(9)15/h7-8,15-16H,1-6H3. The van der Waals surface area contributed by atoms with Gasteiger partial charge in [0.15, 0.2) is 0 Å². The zero-order valence-electron chi connectivity index (χ0n) is 11.0. The van der Waals surface area contributed by atoms with E-state index in [1.807, 2.05) is 0 Å².